The van der Waals surface area contributed by atoms with E-state index in [0.717, 1.165) is 0 Å². The van der Waals surface area contributed by atoms with Gasteiger partial charge in [-0.2, -0.15) is 0 Å². The van der Waals surface area contributed by atoms with Crippen LogP contribution in [0.25, 0.3) is 0 Å². The van der Waals surface area contributed by atoms with E-state index in [2.05, 4.69) is 0 Å². The predicted octanol–water partition coefficient (Wildman–Crippen LogP) is -0.480. The van der Waals surface area contributed by atoms with Crippen molar-refractivity contribution in [2.75, 3.05) is 6.61 Å². The summed E-state index contributed by atoms with van der Waals surface area (Å²) in [5.74, 6) is -1.66. The van der Waals surface area contributed by atoms with Crippen LogP contribution in [0, 0.1) is 0 Å². The molecular weight excluding hydrogens is 272 g/mol. The molecule has 8 nitrogen and oxygen atoms in total. The molecule has 0 aromatic carbocycles. The van der Waals surface area contributed by atoms with Gasteiger partial charge in [-0.15, -0.1) is 0 Å². The van der Waals surface area contributed by atoms with Crippen LogP contribution in [-0.2, 0) is 33.3 Å². The first-order chi connectivity index (χ1) is 9.29. The number of hydrogen-bond donors (Lipinski definition) is 1. The zero-order valence-corrected chi connectivity index (χ0v) is 11.5. The minimum absolute atomic E-state index is 0.0618. The van der Waals surface area contributed by atoms with Gasteiger partial charge in [0.25, 0.3) is 0 Å². The zero-order valence-electron chi connectivity index (χ0n) is 11.5. The first kappa shape index (κ1) is 16.4. The summed E-state index contributed by atoms with van der Waals surface area (Å²) < 4.78 is 19.9. The number of aliphatic hydroxyl groups excluding tert-OH is 1. The SMILES string of the molecule is CC(=O)OCC1O[C@@H](O)C(OC(C)=O)C[C@H]1OC(C)=O. The quantitative estimate of drug-likeness (QED) is 0.546. The van der Waals surface area contributed by atoms with Crippen molar-refractivity contribution in [3.05, 3.63) is 0 Å². The molecule has 0 bridgehead atoms. The van der Waals surface area contributed by atoms with Crippen LogP contribution in [0.5, 0.6) is 0 Å². The maximum absolute atomic E-state index is 11.1. The van der Waals surface area contributed by atoms with Gasteiger partial charge in [-0.3, -0.25) is 14.4 Å². The zero-order chi connectivity index (χ0) is 15.3. The van der Waals surface area contributed by atoms with Crippen LogP contribution in [0.2, 0.25) is 0 Å². The van der Waals surface area contributed by atoms with E-state index in [0.29, 0.717) is 0 Å². The van der Waals surface area contributed by atoms with Gasteiger partial charge in [-0.25, -0.2) is 0 Å². The van der Waals surface area contributed by atoms with Crippen LogP contribution in [0.15, 0.2) is 0 Å². The topological polar surface area (TPSA) is 108 Å². The lowest BCUT2D eigenvalue weighted by atomic mass is 10.0. The third kappa shape index (κ3) is 5.14. The van der Waals surface area contributed by atoms with E-state index in [4.69, 9.17) is 18.9 Å². The molecule has 1 heterocycles. The van der Waals surface area contributed by atoms with Gasteiger partial charge >= 0.3 is 17.9 Å². The van der Waals surface area contributed by atoms with Gasteiger partial charge < -0.3 is 24.1 Å². The molecule has 0 amide bonds. The largest absolute Gasteiger partial charge is 0.463 e. The number of ether oxygens (including phenoxy) is 4. The second-order valence-corrected chi connectivity index (χ2v) is 4.40. The Bertz CT molecular complexity index is 380. The molecule has 1 rings (SSSR count). The van der Waals surface area contributed by atoms with Gasteiger partial charge in [0.05, 0.1) is 0 Å². The fraction of sp³-hybridized carbons (Fsp3) is 0.750. The molecule has 114 valence electrons. The van der Waals surface area contributed by atoms with Gasteiger partial charge in [-0.1, -0.05) is 0 Å². The highest BCUT2D eigenvalue weighted by Crippen LogP contribution is 2.24. The van der Waals surface area contributed by atoms with E-state index in [1.807, 2.05) is 0 Å². The predicted molar refractivity (Wildman–Crippen MR) is 63.2 cm³/mol. The maximum Gasteiger partial charge on any atom is 0.303 e. The molecular formula is C12H18O8. The Morgan fingerprint density at radius 3 is 2.10 bits per heavy atom. The molecule has 0 aromatic heterocycles. The second-order valence-electron chi connectivity index (χ2n) is 4.40. The molecule has 1 saturated heterocycles. The molecule has 0 radical (unpaired) electrons. The van der Waals surface area contributed by atoms with Crippen molar-refractivity contribution >= 4 is 17.9 Å². The average Bonchev–Trinajstić information content (AvgIpc) is 2.29. The molecule has 1 aliphatic rings. The number of carbonyl (C=O) groups is 3. The highest BCUT2D eigenvalue weighted by molar-refractivity contribution is 5.67. The van der Waals surface area contributed by atoms with Crippen LogP contribution < -0.4 is 0 Å². The Kier molecular flexibility index (Phi) is 5.90. The second kappa shape index (κ2) is 7.20. The lowest BCUT2D eigenvalue weighted by molar-refractivity contribution is -0.262. The van der Waals surface area contributed by atoms with Crippen molar-refractivity contribution < 1.29 is 38.4 Å². The molecule has 8 heteroatoms. The molecule has 1 aliphatic heterocycles. The van der Waals surface area contributed by atoms with Gasteiger partial charge in [0, 0.05) is 27.2 Å². The Balaban J connectivity index is 2.70. The Morgan fingerprint density at radius 1 is 1.05 bits per heavy atom. The average molecular weight is 290 g/mol. The first-order valence-corrected chi connectivity index (χ1v) is 6.11. The summed E-state index contributed by atoms with van der Waals surface area (Å²) in [6.07, 6.45) is -3.84. The molecule has 4 atom stereocenters. The van der Waals surface area contributed by atoms with E-state index < -0.39 is 42.5 Å². The van der Waals surface area contributed by atoms with Crippen molar-refractivity contribution in [3.63, 3.8) is 0 Å². The Labute approximate surface area is 115 Å². The molecule has 20 heavy (non-hydrogen) atoms. The summed E-state index contributed by atoms with van der Waals surface area (Å²) in [5.41, 5.74) is 0. The van der Waals surface area contributed by atoms with Crippen molar-refractivity contribution in [2.45, 2.75) is 51.8 Å². The lowest BCUT2D eigenvalue weighted by Gasteiger charge is -2.37. The van der Waals surface area contributed by atoms with E-state index in [1.54, 1.807) is 0 Å². The summed E-state index contributed by atoms with van der Waals surface area (Å²) in [6.45, 7) is 3.46. The monoisotopic (exact) mass is 290 g/mol. The highest BCUT2D eigenvalue weighted by atomic mass is 16.7. The third-order valence-corrected chi connectivity index (χ3v) is 2.60. The summed E-state index contributed by atoms with van der Waals surface area (Å²) in [5, 5.41) is 9.72. The molecule has 2 unspecified atom stereocenters. The van der Waals surface area contributed by atoms with Crippen LogP contribution in [0.1, 0.15) is 27.2 Å². The van der Waals surface area contributed by atoms with Crippen molar-refractivity contribution in [2.24, 2.45) is 0 Å². The number of aliphatic hydroxyl groups is 1. The molecule has 1 N–H and O–H groups in total. The van der Waals surface area contributed by atoms with Crippen LogP contribution in [-0.4, -0.2) is 54.2 Å². The number of hydrogen-bond acceptors (Lipinski definition) is 8. The summed E-state index contributed by atoms with van der Waals surface area (Å²) in [6, 6.07) is 0. The Hall–Kier alpha value is -1.67. The first-order valence-electron chi connectivity index (χ1n) is 6.11. The van der Waals surface area contributed by atoms with Gasteiger partial charge in [0.2, 0.25) is 0 Å². The highest BCUT2D eigenvalue weighted by Gasteiger charge is 2.41. The van der Waals surface area contributed by atoms with Gasteiger partial charge in [0.15, 0.2) is 12.4 Å². The van der Waals surface area contributed by atoms with Gasteiger partial charge in [-0.05, 0) is 0 Å². The van der Waals surface area contributed by atoms with Crippen LogP contribution >= 0.6 is 0 Å². The Morgan fingerprint density at radius 2 is 1.60 bits per heavy atom. The standard InChI is InChI=1S/C12H18O8/c1-6(13)17-5-11-9(18-7(2)14)4-10(12(16)20-11)19-8(3)15/h9-12,16H,4-5H2,1-3H3/t9-,10?,11?,12-/m1/s1. The van der Waals surface area contributed by atoms with Crippen LogP contribution in [0.3, 0.4) is 0 Å². The van der Waals surface area contributed by atoms with Crippen LogP contribution in [0.4, 0.5) is 0 Å². The summed E-state index contributed by atoms with van der Waals surface area (Å²) in [4.78, 5) is 32.8. The molecule has 0 aliphatic carbocycles. The summed E-state index contributed by atoms with van der Waals surface area (Å²) >= 11 is 0. The molecule has 0 spiro atoms. The fourth-order valence-corrected chi connectivity index (χ4v) is 1.85. The lowest BCUT2D eigenvalue weighted by Crippen LogP contribution is -2.51. The number of carbonyl (C=O) groups excluding carboxylic acids is 3. The fourth-order valence-electron chi connectivity index (χ4n) is 1.85. The normalized spacial score (nSPS) is 29.4. The third-order valence-electron chi connectivity index (χ3n) is 2.60. The van der Waals surface area contributed by atoms with Gasteiger partial charge in [0.1, 0.15) is 18.8 Å². The van der Waals surface area contributed by atoms with E-state index >= 15 is 0 Å². The molecule has 0 saturated carbocycles. The number of rotatable bonds is 4. The molecule has 0 aromatic rings. The minimum Gasteiger partial charge on any atom is -0.463 e. The van der Waals surface area contributed by atoms with E-state index in [9.17, 15) is 19.5 Å². The molecule has 1 fully saturated rings. The number of esters is 3. The van der Waals surface area contributed by atoms with Crippen molar-refractivity contribution in [3.8, 4) is 0 Å². The van der Waals surface area contributed by atoms with Crippen molar-refractivity contribution in [1.82, 2.24) is 0 Å². The van der Waals surface area contributed by atoms with E-state index in [-0.39, 0.29) is 13.0 Å². The van der Waals surface area contributed by atoms with E-state index in [1.165, 1.54) is 20.8 Å². The smallest absolute Gasteiger partial charge is 0.303 e. The summed E-state index contributed by atoms with van der Waals surface area (Å²) in [7, 11) is 0. The minimum atomic E-state index is -1.37. The maximum atomic E-state index is 11.1. The van der Waals surface area contributed by atoms with Crippen molar-refractivity contribution in [1.29, 1.82) is 0 Å².